The van der Waals surface area contributed by atoms with Gasteiger partial charge in [0.25, 0.3) is 0 Å². The van der Waals surface area contributed by atoms with Crippen LogP contribution in [0.4, 0.5) is 5.82 Å². The number of nitrogens with two attached hydrogens (primary N) is 1. The lowest BCUT2D eigenvalue weighted by Crippen LogP contribution is -2.18. The lowest BCUT2D eigenvalue weighted by atomic mass is 10.0. The van der Waals surface area contributed by atoms with Gasteiger partial charge in [-0.2, -0.15) is 0 Å². The number of nitrogens with one attached hydrogen (secondary N) is 1. The SMILES string of the molecule is Cc1ccc(C(N)=S)c(NC2C(C)(C)C2(C)C)n1. The fourth-order valence-electron chi connectivity index (χ4n) is 2.56. The fraction of sp³-hybridized carbons (Fsp3) is 0.571. The van der Waals surface area contributed by atoms with Gasteiger partial charge in [-0.25, -0.2) is 4.98 Å². The van der Waals surface area contributed by atoms with Crippen LogP contribution in [0.3, 0.4) is 0 Å². The van der Waals surface area contributed by atoms with Gasteiger partial charge >= 0.3 is 0 Å². The van der Waals surface area contributed by atoms with Crippen molar-refractivity contribution >= 4 is 23.0 Å². The zero-order chi connectivity index (χ0) is 13.7. The van der Waals surface area contributed by atoms with Crippen LogP contribution in [0.25, 0.3) is 0 Å². The molecular weight excluding hydrogens is 242 g/mol. The Bertz CT molecular complexity index is 492. The van der Waals surface area contributed by atoms with E-state index in [1.165, 1.54) is 0 Å². The van der Waals surface area contributed by atoms with Crippen LogP contribution in [0.1, 0.15) is 39.0 Å². The second-order valence-electron chi connectivity index (χ2n) is 6.23. The van der Waals surface area contributed by atoms with Gasteiger partial charge in [0.1, 0.15) is 10.8 Å². The van der Waals surface area contributed by atoms with Crippen molar-refractivity contribution in [3.63, 3.8) is 0 Å². The van der Waals surface area contributed by atoms with E-state index in [1.807, 2.05) is 19.1 Å². The maximum Gasteiger partial charge on any atom is 0.136 e. The van der Waals surface area contributed by atoms with E-state index < -0.39 is 0 Å². The Kier molecular flexibility index (Phi) is 2.89. The highest BCUT2D eigenvalue weighted by molar-refractivity contribution is 7.80. The minimum Gasteiger partial charge on any atom is -0.389 e. The quantitative estimate of drug-likeness (QED) is 0.823. The van der Waals surface area contributed by atoms with E-state index >= 15 is 0 Å². The first-order valence-corrected chi connectivity index (χ1v) is 6.62. The van der Waals surface area contributed by atoms with Gasteiger partial charge in [-0.3, -0.25) is 0 Å². The second kappa shape index (κ2) is 3.92. The summed E-state index contributed by atoms with van der Waals surface area (Å²) in [7, 11) is 0. The van der Waals surface area contributed by atoms with Crippen molar-refractivity contribution in [1.82, 2.24) is 4.98 Å². The van der Waals surface area contributed by atoms with Crippen LogP contribution in [0.2, 0.25) is 0 Å². The third kappa shape index (κ3) is 1.88. The Morgan fingerprint density at radius 3 is 2.28 bits per heavy atom. The number of aryl methyl sites for hydroxylation is 1. The fourth-order valence-corrected chi connectivity index (χ4v) is 2.72. The molecule has 1 aromatic rings. The average Bonchev–Trinajstić information content (AvgIpc) is 2.60. The first kappa shape index (κ1) is 13.3. The minimum absolute atomic E-state index is 0.256. The number of aromatic nitrogens is 1. The third-order valence-electron chi connectivity index (χ3n) is 4.60. The first-order valence-electron chi connectivity index (χ1n) is 6.22. The highest BCUT2D eigenvalue weighted by Crippen LogP contribution is 2.63. The van der Waals surface area contributed by atoms with Crippen LogP contribution in [0.15, 0.2) is 12.1 Å². The van der Waals surface area contributed by atoms with Gasteiger partial charge in [0.2, 0.25) is 0 Å². The van der Waals surface area contributed by atoms with E-state index in [0.717, 1.165) is 17.1 Å². The first-order chi connectivity index (χ1) is 8.18. The van der Waals surface area contributed by atoms with Gasteiger partial charge in [-0.05, 0) is 29.9 Å². The lowest BCUT2D eigenvalue weighted by molar-refractivity contribution is 0.457. The van der Waals surface area contributed by atoms with E-state index in [4.69, 9.17) is 18.0 Å². The molecular formula is C14H21N3S. The summed E-state index contributed by atoms with van der Waals surface area (Å²) in [5.41, 5.74) is 8.05. The van der Waals surface area contributed by atoms with Crippen LogP contribution in [0, 0.1) is 17.8 Å². The molecule has 1 heterocycles. The van der Waals surface area contributed by atoms with Gasteiger partial charge in [0.05, 0.1) is 5.56 Å². The Labute approximate surface area is 114 Å². The summed E-state index contributed by atoms with van der Waals surface area (Å²) < 4.78 is 0. The van der Waals surface area contributed by atoms with Crippen molar-refractivity contribution < 1.29 is 0 Å². The number of pyridine rings is 1. The van der Waals surface area contributed by atoms with Crippen molar-refractivity contribution in [2.24, 2.45) is 16.6 Å². The molecule has 0 saturated heterocycles. The average molecular weight is 263 g/mol. The second-order valence-corrected chi connectivity index (χ2v) is 6.67. The zero-order valence-electron chi connectivity index (χ0n) is 11.7. The van der Waals surface area contributed by atoms with Crippen LogP contribution in [-0.4, -0.2) is 16.0 Å². The van der Waals surface area contributed by atoms with E-state index in [1.54, 1.807) is 0 Å². The summed E-state index contributed by atoms with van der Waals surface area (Å²) in [5.74, 6) is 0.811. The number of hydrogen-bond acceptors (Lipinski definition) is 3. The summed E-state index contributed by atoms with van der Waals surface area (Å²) in [6, 6.07) is 4.27. The number of anilines is 1. The van der Waals surface area contributed by atoms with Crippen LogP contribution < -0.4 is 11.1 Å². The Hall–Kier alpha value is -1.16. The third-order valence-corrected chi connectivity index (χ3v) is 4.82. The van der Waals surface area contributed by atoms with Crippen molar-refractivity contribution in [2.75, 3.05) is 5.32 Å². The zero-order valence-corrected chi connectivity index (χ0v) is 12.5. The number of nitrogens with zero attached hydrogens (tertiary/aromatic N) is 1. The molecule has 1 aliphatic rings. The molecule has 1 saturated carbocycles. The largest absolute Gasteiger partial charge is 0.389 e. The van der Waals surface area contributed by atoms with E-state index in [0.29, 0.717) is 11.0 Å². The highest BCUT2D eigenvalue weighted by Gasteiger charge is 2.65. The van der Waals surface area contributed by atoms with Crippen LogP contribution in [0.5, 0.6) is 0 Å². The van der Waals surface area contributed by atoms with Crippen molar-refractivity contribution in [2.45, 2.75) is 40.7 Å². The van der Waals surface area contributed by atoms with Gasteiger partial charge in [-0.1, -0.05) is 39.9 Å². The highest BCUT2D eigenvalue weighted by atomic mass is 32.1. The van der Waals surface area contributed by atoms with Gasteiger partial charge in [-0.15, -0.1) is 0 Å². The predicted molar refractivity (Wildman–Crippen MR) is 79.8 cm³/mol. The molecule has 0 bridgehead atoms. The number of thiocarbonyl (C=S) groups is 1. The normalized spacial score (nSPS) is 20.5. The molecule has 0 aliphatic heterocycles. The molecule has 0 amide bonds. The Morgan fingerprint density at radius 2 is 1.83 bits per heavy atom. The molecule has 3 N–H and O–H groups in total. The summed E-state index contributed by atoms with van der Waals surface area (Å²) in [6.45, 7) is 11.0. The minimum atomic E-state index is 0.256. The van der Waals surface area contributed by atoms with Crippen molar-refractivity contribution in [1.29, 1.82) is 0 Å². The molecule has 3 nitrogen and oxygen atoms in total. The van der Waals surface area contributed by atoms with Gasteiger partial charge < -0.3 is 11.1 Å². The Balaban J connectivity index is 2.31. The topological polar surface area (TPSA) is 50.9 Å². The molecule has 1 aliphatic carbocycles. The van der Waals surface area contributed by atoms with E-state index in [-0.39, 0.29) is 10.8 Å². The molecule has 1 aromatic heterocycles. The number of rotatable bonds is 3. The summed E-state index contributed by atoms with van der Waals surface area (Å²) in [6.07, 6.45) is 0. The molecule has 0 radical (unpaired) electrons. The standard InChI is InChI=1S/C14H21N3S/c1-8-6-7-9(10(15)18)11(16-8)17-12-13(2,3)14(12,4)5/h6-7,12H,1-5H3,(H2,15,18)(H,16,17). The Morgan fingerprint density at radius 1 is 1.28 bits per heavy atom. The maximum atomic E-state index is 5.75. The lowest BCUT2D eigenvalue weighted by Gasteiger charge is -2.12. The molecule has 98 valence electrons. The monoisotopic (exact) mass is 263 g/mol. The number of hydrogen-bond donors (Lipinski definition) is 2. The summed E-state index contributed by atoms with van der Waals surface area (Å²) in [4.78, 5) is 4.92. The molecule has 0 spiro atoms. The maximum absolute atomic E-state index is 5.75. The smallest absolute Gasteiger partial charge is 0.136 e. The van der Waals surface area contributed by atoms with E-state index in [2.05, 4.69) is 38.0 Å². The van der Waals surface area contributed by atoms with Crippen molar-refractivity contribution in [3.8, 4) is 0 Å². The van der Waals surface area contributed by atoms with E-state index in [9.17, 15) is 0 Å². The predicted octanol–water partition coefficient (Wildman–Crippen LogP) is 2.87. The van der Waals surface area contributed by atoms with Crippen LogP contribution >= 0.6 is 12.2 Å². The van der Waals surface area contributed by atoms with Gasteiger partial charge in [0.15, 0.2) is 0 Å². The molecule has 0 aromatic carbocycles. The molecule has 0 atom stereocenters. The molecule has 0 unspecified atom stereocenters. The summed E-state index contributed by atoms with van der Waals surface area (Å²) >= 11 is 5.08. The summed E-state index contributed by atoms with van der Waals surface area (Å²) in [5, 5.41) is 3.51. The molecule has 1 fully saturated rings. The molecule has 18 heavy (non-hydrogen) atoms. The van der Waals surface area contributed by atoms with Crippen molar-refractivity contribution in [3.05, 3.63) is 23.4 Å². The van der Waals surface area contributed by atoms with Gasteiger partial charge in [0, 0.05) is 11.7 Å². The molecule has 2 rings (SSSR count). The van der Waals surface area contributed by atoms with Crippen LogP contribution in [-0.2, 0) is 0 Å². The molecule has 4 heteroatoms.